The highest BCUT2D eigenvalue weighted by atomic mass is 32.2. The molecule has 0 amide bonds. The minimum absolute atomic E-state index is 0.356. The summed E-state index contributed by atoms with van der Waals surface area (Å²) in [6.45, 7) is 7.18. The van der Waals surface area contributed by atoms with Gasteiger partial charge in [-0.3, -0.25) is 9.47 Å². The molecule has 1 aromatic carbocycles. The first-order valence-electron chi connectivity index (χ1n) is 9.24. The summed E-state index contributed by atoms with van der Waals surface area (Å²) in [5.41, 5.74) is 1.38. The number of aromatic nitrogens is 1. The third-order valence-corrected chi connectivity index (χ3v) is 8.28. The molecule has 0 radical (unpaired) electrons. The molecule has 0 unspecified atom stereocenters. The summed E-state index contributed by atoms with van der Waals surface area (Å²) in [5, 5.41) is 0. The highest BCUT2D eigenvalue weighted by molar-refractivity contribution is 7.89. The molecule has 0 saturated carbocycles. The lowest BCUT2D eigenvalue weighted by Gasteiger charge is -2.33. The molecule has 28 heavy (non-hydrogen) atoms. The van der Waals surface area contributed by atoms with Crippen LogP contribution in [-0.2, 0) is 16.6 Å². The number of nitrogens with zero attached hydrogens (tertiary/aromatic N) is 3. The van der Waals surface area contributed by atoms with Crippen LogP contribution in [0.3, 0.4) is 0 Å². The zero-order valence-electron chi connectivity index (χ0n) is 15.9. The van der Waals surface area contributed by atoms with Crippen LogP contribution in [-0.4, -0.2) is 54.9 Å². The van der Waals surface area contributed by atoms with Crippen molar-refractivity contribution < 1.29 is 12.8 Å². The second-order valence-electron chi connectivity index (χ2n) is 7.01. The van der Waals surface area contributed by atoms with Gasteiger partial charge in [0.15, 0.2) is 5.58 Å². The molecule has 0 spiro atoms. The molecule has 4 rings (SSSR count). The van der Waals surface area contributed by atoms with E-state index < -0.39 is 10.0 Å². The number of para-hydroxylation sites is 2. The van der Waals surface area contributed by atoms with Crippen LogP contribution in [0.1, 0.15) is 9.75 Å². The van der Waals surface area contributed by atoms with Crippen molar-refractivity contribution in [3.8, 4) is 0 Å². The largest absolute Gasteiger partial charge is 0.419 e. The van der Waals surface area contributed by atoms with Gasteiger partial charge in [-0.15, -0.1) is 11.3 Å². The molecule has 7 nitrogen and oxygen atoms in total. The molecule has 0 N–H and O–H groups in total. The first kappa shape index (κ1) is 19.4. The Hall–Kier alpha value is -1.94. The highest BCUT2D eigenvalue weighted by Gasteiger charge is 2.30. The molecule has 1 aliphatic rings. The van der Waals surface area contributed by atoms with Gasteiger partial charge in [-0.1, -0.05) is 12.1 Å². The Morgan fingerprint density at radius 2 is 1.79 bits per heavy atom. The summed E-state index contributed by atoms with van der Waals surface area (Å²) in [7, 11) is -3.44. The molecular formula is C19H23N3O4S2. The van der Waals surface area contributed by atoms with Gasteiger partial charge in [0.2, 0.25) is 10.0 Å². The average Bonchev–Trinajstić information content (AvgIpc) is 3.18. The molecule has 1 saturated heterocycles. The van der Waals surface area contributed by atoms with Crippen molar-refractivity contribution in [1.82, 2.24) is 13.8 Å². The van der Waals surface area contributed by atoms with Gasteiger partial charge in [0.1, 0.15) is 0 Å². The lowest BCUT2D eigenvalue weighted by molar-refractivity contribution is 0.182. The van der Waals surface area contributed by atoms with Crippen LogP contribution in [0, 0.1) is 13.8 Å². The first-order valence-corrected chi connectivity index (χ1v) is 11.5. The average molecular weight is 422 g/mol. The fourth-order valence-corrected chi connectivity index (χ4v) is 6.61. The van der Waals surface area contributed by atoms with Gasteiger partial charge >= 0.3 is 5.76 Å². The summed E-state index contributed by atoms with van der Waals surface area (Å²) in [4.78, 5) is 16.5. The zero-order valence-corrected chi connectivity index (χ0v) is 17.6. The van der Waals surface area contributed by atoms with E-state index in [1.54, 1.807) is 21.0 Å². The van der Waals surface area contributed by atoms with Crippen LogP contribution in [0.5, 0.6) is 0 Å². The second kappa shape index (κ2) is 7.47. The van der Waals surface area contributed by atoms with E-state index >= 15 is 0 Å². The van der Waals surface area contributed by atoms with Crippen LogP contribution in [0.25, 0.3) is 11.1 Å². The van der Waals surface area contributed by atoms with Crippen molar-refractivity contribution in [3.05, 3.63) is 50.6 Å². The van der Waals surface area contributed by atoms with E-state index in [0.29, 0.717) is 49.7 Å². The van der Waals surface area contributed by atoms with Crippen molar-refractivity contribution in [1.29, 1.82) is 0 Å². The molecule has 3 heterocycles. The van der Waals surface area contributed by atoms with Gasteiger partial charge in [-0.05, 0) is 32.0 Å². The van der Waals surface area contributed by atoms with Crippen molar-refractivity contribution in [2.24, 2.45) is 0 Å². The lowest BCUT2D eigenvalue weighted by atomic mass is 10.3. The standard InChI is InChI=1S/C19H23N3O4S2/c1-14-13-18(15(2)27-14)28(24,25)21-10-7-20(8-11-21)9-12-22-16-5-3-4-6-17(16)26-19(22)23/h3-6,13H,7-12H2,1-2H3. The van der Waals surface area contributed by atoms with E-state index in [2.05, 4.69) is 4.90 Å². The van der Waals surface area contributed by atoms with E-state index in [0.717, 1.165) is 15.3 Å². The van der Waals surface area contributed by atoms with Crippen molar-refractivity contribution in [2.75, 3.05) is 32.7 Å². The number of thiophene rings is 1. The Balaban J connectivity index is 1.40. The number of benzene rings is 1. The van der Waals surface area contributed by atoms with E-state index in [1.165, 1.54) is 11.3 Å². The second-order valence-corrected chi connectivity index (χ2v) is 10.4. The number of piperazine rings is 1. The highest BCUT2D eigenvalue weighted by Crippen LogP contribution is 2.28. The molecule has 3 aromatic rings. The van der Waals surface area contributed by atoms with Gasteiger partial charge in [-0.25, -0.2) is 13.2 Å². The molecular weight excluding hydrogens is 398 g/mol. The molecule has 1 fully saturated rings. The summed E-state index contributed by atoms with van der Waals surface area (Å²) < 4.78 is 34.3. The number of fused-ring (bicyclic) bond motifs is 1. The Labute approximate surface area is 167 Å². The Morgan fingerprint density at radius 3 is 2.46 bits per heavy atom. The molecule has 9 heteroatoms. The number of hydrogen-bond acceptors (Lipinski definition) is 6. The topological polar surface area (TPSA) is 75.8 Å². The van der Waals surface area contributed by atoms with Gasteiger partial charge < -0.3 is 4.42 Å². The Morgan fingerprint density at radius 1 is 1.07 bits per heavy atom. The van der Waals surface area contributed by atoms with Gasteiger partial charge in [0, 0.05) is 49.0 Å². The summed E-state index contributed by atoms with van der Waals surface area (Å²) in [5.74, 6) is -0.356. The quantitative estimate of drug-likeness (QED) is 0.632. The van der Waals surface area contributed by atoms with Crippen molar-refractivity contribution in [3.63, 3.8) is 0 Å². The van der Waals surface area contributed by atoms with E-state index in [1.807, 2.05) is 32.0 Å². The normalized spacial score (nSPS) is 16.8. The smallest absolute Gasteiger partial charge is 0.408 e. The summed E-state index contributed by atoms with van der Waals surface area (Å²) in [6, 6.07) is 9.14. The molecule has 1 aliphatic heterocycles. The maximum atomic E-state index is 12.9. The zero-order chi connectivity index (χ0) is 19.9. The number of aryl methyl sites for hydroxylation is 2. The maximum Gasteiger partial charge on any atom is 0.419 e. The Kier molecular flexibility index (Phi) is 5.17. The maximum absolute atomic E-state index is 12.9. The van der Waals surface area contributed by atoms with Gasteiger partial charge in [-0.2, -0.15) is 4.31 Å². The lowest BCUT2D eigenvalue weighted by Crippen LogP contribution is -2.49. The third-order valence-electron chi connectivity index (χ3n) is 5.16. The third kappa shape index (κ3) is 3.55. The molecule has 2 aromatic heterocycles. The fraction of sp³-hybridized carbons (Fsp3) is 0.421. The minimum atomic E-state index is -3.44. The van der Waals surface area contributed by atoms with E-state index in [9.17, 15) is 13.2 Å². The summed E-state index contributed by atoms with van der Waals surface area (Å²) >= 11 is 1.51. The first-order chi connectivity index (χ1) is 13.4. The van der Waals surface area contributed by atoms with E-state index in [-0.39, 0.29) is 5.76 Å². The SMILES string of the molecule is Cc1cc(S(=O)(=O)N2CCN(CCn3c(=O)oc4ccccc43)CC2)c(C)s1. The van der Waals surface area contributed by atoms with Crippen LogP contribution in [0.15, 0.2) is 44.4 Å². The molecule has 0 aliphatic carbocycles. The van der Waals surface area contributed by atoms with Crippen molar-refractivity contribution in [2.45, 2.75) is 25.3 Å². The number of rotatable bonds is 5. The van der Waals surface area contributed by atoms with Crippen LogP contribution < -0.4 is 5.76 Å². The van der Waals surface area contributed by atoms with Crippen LogP contribution in [0.2, 0.25) is 0 Å². The summed E-state index contributed by atoms with van der Waals surface area (Å²) in [6.07, 6.45) is 0. The number of oxazole rings is 1. The molecule has 0 atom stereocenters. The van der Waals surface area contributed by atoms with Crippen LogP contribution in [0.4, 0.5) is 0 Å². The molecule has 0 bridgehead atoms. The molecule has 150 valence electrons. The van der Waals surface area contributed by atoms with Crippen LogP contribution >= 0.6 is 11.3 Å². The Bertz CT molecular complexity index is 1150. The monoisotopic (exact) mass is 421 g/mol. The predicted molar refractivity (Wildman–Crippen MR) is 109 cm³/mol. The minimum Gasteiger partial charge on any atom is -0.408 e. The van der Waals surface area contributed by atoms with E-state index in [4.69, 9.17) is 4.42 Å². The van der Waals surface area contributed by atoms with Gasteiger partial charge in [0.05, 0.1) is 10.4 Å². The predicted octanol–water partition coefficient (Wildman–Crippen LogP) is 2.28. The van der Waals surface area contributed by atoms with Crippen molar-refractivity contribution >= 4 is 32.5 Å². The fourth-order valence-electron chi connectivity index (χ4n) is 3.66. The number of hydrogen-bond donors (Lipinski definition) is 0. The van der Waals surface area contributed by atoms with Gasteiger partial charge in [0.25, 0.3) is 0 Å². The number of sulfonamides is 1.